The maximum Gasteiger partial charge on any atom is 0.373 e. The van der Waals surface area contributed by atoms with E-state index in [9.17, 15) is 14.1 Å². The van der Waals surface area contributed by atoms with E-state index in [2.05, 4.69) is 40.1 Å². The van der Waals surface area contributed by atoms with Crippen molar-refractivity contribution in [2.45, 2.75) is 71.4 Å². The van der Waals surface area contributed by atoms with Crippen LogP contribution in [0.15, 0.2) is 35.7 Å². The molecule has 3 aromatic rings. The Labute approximate surface area is 191 Å². The fourth-order valence-electron chi connectivity index (χ4n) is 4.17. The molecule has 1 aromatic carbocycles. The summed E-state index contributed by atoms with van der Waals surface area (Å²) in [6, 6.07) is 9.79. The van der Waals surface area contributed by atoms with Crippen molar-refractivity contribution in [2.24, 2.45) is 0 Å². The van der Waals surface area contributed by atoms with E-state index in [0.717, 1.165) is 36.1 Å². The molecule has 1 unspecified atom stereocenters. The van der Waals surface area contributed by atoms with Gasteiger partial charge in [0.2, 0.25) is 0 Å². The van der Waals surface area contributed by atoms with E-state index in [0.29, 0.717) is 18.0 Å². The number of thiophene rings is 1. The number of hydrogen-bond acceptors (Lipinski definition) is 5. The zero-order valence-electron chi connectivity index (χ0n) is 19.0. The summed E-state index contributed by atoms with van der Waals surface area (Å²) in [5, 5.41) is 4.70. The number of imidazole rings is 1. The van der Waals surface area contributed by atoms with Crippen molar-refractivity contribution < 1.29 is 19.1 Å². The van der Waals surface area contributed by atoms with Gasteiger partial charge in [0, 0.05) is 27.4 Å². The second-order valence-electron chi connectivity index (χ2n) is 8.23. The molecule has 0 radical (unpaired) electrons. The van der Waals surface area contributed by atoms with Gasteiger partial charge in [-0.25, -0.2) is 9.78 Å². The molecule has 0 aliphatic heterocycles. The molecule has 1 atom stereocenters. The lowest BCUT2D eigenvalue weighted by Crippen LogP contribution is -2.52. The first-order chi connectivity index (χ1) is 15.4. The molecule has 2 aromatic heterocycles. The zero-order valence-corrected chi connectivity index (χ0v) is 19.8. The highest BCUT2D eigenvalue weighted by molar-refractivity contribution is 7.09. The van der Waals surface area contributed by atoms with E-state index in [4.69, 9.17) is 4.98 Å². The molecule has 32 heavy (non-hydrogen) atoms. The molecule has 3 rings (SSSR count). The van der Waals surface area contributed by atoms with E-state index in [-0.39, 0.29) is 6.42 Å². The van der Waals surface area contributed by atoms with Crippen molar-refractivity contribution in [3.63, 3.8) is 0 Å². The third-order valence-electron chi connectivity index (χ3n) is 5.90. The van der Waals surface area contributed by atoms with Gasteiger partial charge in [0.15, 0.2) is 0 Å². The summed E-state index contributed by atoms with van der Waals surface area (Å²) < 4.78 is 14.9. The number of amides is 1. The summed E-state index contributed by atoms with van der Waals surface area (Å²) >= 11 is 1.70. The zero-order chi connectivity index (χ0) is 23.3. The van der Waals surface area contributed by atoms with Crippen LogP contribution in [0.5, 0.6) is 0 Å². The second kappa shape index (κ2) is 10.3. The number of rotatable bonds is 10. The van der Waals surface area contributed by atoms with Crippen LogP contribution in [0.1, 0.15) is 80.5 Å². The van der Waals surface area contributed by atoms with E-state index in [1.165, 1.54) is 11.8 Å². The summed E-state index contributed by atoms with van der Waals surface area (Å²) in [6.45, 7) is 7.64. The Kier molecular flexibility index (Phi) is 7.66. The molecule has 0 bridgehead atoms. The Morgan fingerprint density at radius 1 is 1.25 bits per heavy atom. The molecular weight excluding hydrogens is 429 g/mol. The first kappa shape index (κ1) is 23.9. The fourth-order valence-corrected chi connectivity index (χ4v) is 4.87. The molecule has 0 saturated heterocycles. The van der Waals surface area contributed by atoms with Crippen LogP contribution in [-0.2, 0) is 16.2 Å². The minimum Gasteiger partial charge on any atom is -0.336 e. The number of nitrogens with zero attached hydrogens (tertiary/aromatic N) is 2. The van der Waals surface area contributed by atoms with Gasteiger partial charge in [-0.3, -0.25) is 9.74 Å². The van der Waals surface area contributed by atoms with E-state index in [1.807, 2.05) is 19.1 Å². The summed E-state index contributed by atoms with van der Waals surface area (Å²) in [7, 11) is 0. The van der Waals surface area contributed by atoms with Crippen LogP contribution >= 0.6 is 11.3 Å². The van der Waals surface area contributed by atoms with Crippen LogP contribution in [-0.4, -0.2) is 27.0 Å². The highest BCUT2D eigenvalue weighted by Crippen LogP contribution is 2.28. The second-order valence-corrected chi connectivity index (χ2v) is 9.26. The van der Waals surface area contributed by atoms with Gasteiger partial charge in [0.1, 0.15) is 11.4 Å². The lowest BCUT2D eigenvalue weighted by atomic mass is 9.95. The summed E-state index contributed by atoms with van der Waals surface area (Å²) in [6.07, 6.45) is 3.51. The third kappa shape index (κ3) is 4.85. The monoisotopic (exact) mass is 459 g/mol. The van der Waals surface area contributed by atoms with Gasteiger partial charge in [-0.2, -0.15) is 0 Å². The van der Waals surface area contributed by atoms with Crippen LogP contribution in [0.3, 0.4) is 0 Å². The van der Waals surface area contributed by atoms with E-state index < -0.39 is 17.4 Å². The van der Waals surface area contributed by atoms with Crippen LogP contribution in [0.25, 0.3) is 11.0 Å². The predicted molar refractivity (Wildman–Crippen MR) is 124 cm³/mol. The quantitative estimate of drug-likeness (QED) is 0.418. The number of carbonyl (C=O) groups excluding carboxylic acids is 2. The largest absolute Gasteiger partial charge is 0.373 e. The van der Waals surface area contributed by atoms with Crippen LogP contribution < -0.4 is 5.32 Å². The summed E-state index contributed by atoms with van der Waals surface area (Å²) in [5.74, 6) is -0.610. The van der Waals surface area contributed by atoms with Crippen LogP contribution in [0.2, 0.25) is 0 Å². The number of carbonyl (C=O) groups is 2. The van der Waals surface area contributed by atoms with Gasteiger partial charge < -0.3 is 9.88 Å². The highest BCUT2D eigenvalue weighted by Gasteiger charge is 2.37. The molecule has 6 nitrogen and oxygen atoms in total. The molecule has 0 fully saturated rings. The average molecular weight is 460 g/mol. The fraction of sp³-hybridized carbons (Fsp3) is 0.458. The molecular formula is C24H30FN3O3S. The van der Waals surface area contributed by atoms with Crippen molar-refractivity contribution in [3.05, 3.63) is 52.0 Å². The molecule has 0 spiro atoms. The molecule has 2 heterocycles. The van der Waals surface area contributed by atoms with Gasteiger partial charge in [-0.15, -0.1) is 11.3 Å². The van der Waals surface area contributed by atoms with Gasteiger partial charge >= 0.3 is 5.97 Å². The van der Waals surface area contributed by atoms with Gasteiger partial charge in [0.05, 0.1) is 11.0 Å². The molecule has 0 aliphatic carbocycles. The molecule has 0 saturated carbocycles. The minimum absolute atomic E-state index is 0.262. The molecule has 8 heteroatoms. The van der Waals surface area contributed by atoms with Crippen molar-refractivity contribution >= 4 is 34.2 Å². The number of nitrogens with one attached hydrogen (secondary N) is 1. The SMILES string of the molecule is CCCC(C)(NC(=O)c1ccc2c(c1)nc(Cc1cccs1)n2C(CC)CC)C(=O)OF. The molecule has 1 N–H and O–H groups in total. The molecule has 1 amide bonds. The normalized spacial score (nSPS) is 13.3. The minimum atomic E-state index is -1.44. The number of benzene rings is 1. The van der Waals surface area contributed by atoms with Gasteiger partial charge in [-0.1, -0.05) is 33.3 Å². The Morgan fingerprint density at radius 3 is 2.59 bits per heavy atom. The third-order valence-corrected chi connectivity index (χ3v) is 6.78. The first-order valence-corrected chi connectivity index (χ1v) is 11.9. The summed E-state index contributed by atoms with van der Waals surface area (Å²) in [5.41, 5.74) is 0.625. The topological polar surface area (TPSA) is 73.2 Å². The predicted octanol–water partition coefficient (Wildman–Crippen LogP) is 5.77. The number of halogens is 1. The van der Waals surface area contributed by atoms with Gasteiger partial charge in [0.25, 0.3) is 5.91 Å². The highest BCUT2D eigenvalue weighted by atomic mass is 32.1. The van der Waals surface area contributed by atoms with E-state index >= 15 is 0 Å². The number of aromatic nitrogens is 2. The Hall–Kier alpha value is -2.74. The van der Waals surface area contributed by atoms with Crippen molar-refractivity contribution in [1.29, 1.82) is 0 Å². The first-order valence-electron chi connectivity index (χ1n) is 11.1. The van der Waals surface area contributed by atoms with Crippen molar-refractivity contribution in [2.75, 3.05) is 0 Å². The molecule has 172 valence electrons. The average Bonchev–Trinajstić information content (AvgIpc) is 3.42. The number of hydrogen-bond donors (Lipinski definition) is 1. The van der Waals surface area contributed by atoms with Crippen molar-refractivity contribution in [3.8, 4) is 0 Å². The standard InChI is InChI=1S/C24H30FN3O3S/c1-5-12-24(4,23(30)31-25)27-22(29)16-10-11-20-19(14-16)26-21(15-18-9-8-13-32-18)28(20)17(6-2)7-3/h8-11,13-14,17H,5-7,12,15H2,1-4H3,(H,27,29). The van der Waals surface area contributed by atoms with Crippen LogP contribution in [0.4, 0.5) is 4.53 Å². The Bertz CT molecular complexity index is 1080. The lowest BCUT2D eigenvalue weighted by Gasteiger charge is -2.26. The van der Waals surface area contributed by atoms with E-state index in [1.54, 1.807) is 23.5 Å². The lowest BCUT2D eigenvalue weighted by molar-refractivity contribution is -0.191. The number of fused-ring (bicyclic) bond motifs is 1. The Balaban J connectivity index is 1.99. The molecule has 0 aliphatic rings. The summed E-state index contributed by atoms with van der Waals surface area (Å²) in [4.78, 5) is 34.4. The Morgan fingerprint density at radius 2 is 2.00 bits per heavy atom. The smallest absolute Gasteiger partial charge is 0.336 e. The van der Waals surface area contributed by atoms with Crippen molar-refractivity contribution in [1.82, 2.24) is 14.9 Å². The maximum atomic E-state index is 12.9. The maximum absolute atomic E-state index is 12.9. The van der Waals surface area contributed by atoms with Gasteiger partial charge in [-0.05, 0) is 55.8 Å². The van der Waals surface area contributed by atoms with Crippen LogP contribution in [0, 0.1) is 0 Å².